The molecule has 6 nitrogen and oxygen atoms in total. The van der Waals surface area contributed by atoms with Crippen LogP contribution < -0.4 is 10.6 Å². The minimum Gasteiger partial charge on any atom is -0.465 e. The van der Waals surface area contributed by atoms with Crippen LogP contribution in [0.25, 0.3) is 0 Å². The van der Waals surface area contributed by atoms with Crippen molar-refractivity contribution >= 4 is 34.1 Å². The fraction of sp³-hybridized carbons (Fsp3) is 0.316. The van der Waals surface area contributed by atoms with Gasteiger partial charge in [0.05, 0.1) is 24.0 Å². The average molecular weight is 374 g/mol. The number of carbonyl (C=O) groups excluding carboxylic acids is 3. The molecule has 138 valence electrons. The molecule has 1 aromatic carbocycles. The molecule has 0 saturated carbocycles. The predicted octanol–water partition coefficient (Wildman–Crippen LogP) is 3.16. The Morgan fingerprint density at radius 1 is 1.15 bits per heavy atom. The first-order valence-corrected chi connectivity index (χ1v) is 9.01. The van der Waals surface area contributed by atoms with Crippen LogP contribution >= 0.6 is 11.3 Å². The Bertz CT molecular complexity index is 812. The summed E-state index contributed by atoms with van der Waals surface area (Å²) in [6.07, 6.45) is 0.173. The standard InChI is InChI=1S/C19H22N2O4S/c1-11(2)20-17(23)16-12(3)15(19(24)25-4)18(26-16)21-14(22)10-13-8-6-5-7-9-13/h5-9,11H,10H2,1-4H3,(H,20,23)(H,21,22). The van der Waals surface area contributed by atoms with Crippen molar-refractivity contribution < 1.29 is 19.1 Å². The molecule has 0 atom stereocenters. The number of ether oxygens (including phenoxy) is 1. The van der Waals surface area contributed by atoms with E-state index in [1.54, 1.807) is 6.92 Å². The number of rotatable bonds is 6. The maximum Gasteiger partial charge on any atom is 0.341 e. The van der Waals surface area contributed by atoms with Crippen molar-refractivity contribution in [3.05, 3.63) is 51.9 Å². The number of esters is 1. The smallest absolute Gasteiger partial charge is 0.341 e. The Kier molecular flexibility index (Phi) is 6.52. The summed E-state index contributed by atoms with van der Waals surface area (Å²) < 4.78 is 4.82. The molecule has 0 aliphatic heterocycles. The van der Waals surface area contributed by atoms with Crippen LogP contribution in [0.1, 0.15) is 45.0 Å². The van der Waals surface area contributed by atoms with Gasteiger partial charge >= 0.3 is 5.97 Å². The molecular formula is C19H22N2O4S. The van der Waals surface area contributed by atoms with E-state index in [1.807, 2.05) is 44.2 Å². The summed E-state index contributed by atoms with van der Waals surface area (Å²) in [5, 5.41) is 5.86. The van der Waals surface area contributed by atoms with Gasteiger partial charge in [0.1, 0.15) is 5.00 Å². The quantitative estimate of drug-likeness (QED) is 0.761. The van der Waals surface area contributed by atoms with Gasteiger partial charge in [-0.25, -0.2) is 4.79 Å². The van der Waals surface area contributed by atoms with Crippen molar-refractivity contribution in [2.24, 2.45) is 0 Å². The van der Waals surface area contributed by atoms with Crippen LogP contribution in [-0.2, 0) is 16.0 Å². The minimum absolute atomic E-state index is 0.0401. The molecule has 0 unspecified atom stereocenters. The lowest BCUT2D eigenvalue weighted by molar-refractivity contribution is -0.115. The van der Waals surface area contributed by atoms with Crippen molar-refractivity contribution in [3.63, 3.8) is 0 Å². The molecule has 1 aromatic heterocycles. The predicted molar refractivity (Wildman–Crippen MR) is 102 cm³/mol. The maximum atomic E-state index is 12.4. The van der Waals surface area contributed by atoms with E-state index in [9.17, 15) is 14.4 Å². The third-order valence-corrected chi connectivity index (χ3v) is 4.83. The second kappa shape index (κ2) is 8.62. The molecule has 7 heteroatoms. The molecular weight excluding hydrogens is 352 g/mol. The maximum absolute atomic E-state index is 12.4. The molecule has 2 amide bonds. The van der Waals surface area contributed by atoms with E-state index in [-0.39, 0.29) is 29.8 Å². The van der Waals surface area contributed by atoms with Crippen LogP contribution in [0.3, 0.4) is 0 Å². The van der Waals surface area contributed by atoms with Gasteiger partial charge in [0.2, 0.25) is 5.91 Å². The SMILES string of the molecule is COC(=O)c1c(NC(=O)Cc2ccccc2)sc(C(=O)NC(C)C)c1C. The highest BCUT2D eigenvalue weighted by Gasteiger charge is 2.26. The van der Waals surface area contributed by atoms with E-state index < -0.39 is 5.97 Å². The van der Waals surface area contributed by atoms with Crippen molar-refractivity contribution in [2.45, 2.75) is 33.2 Å². The summed E-state index contributed by atoms with van der Waals surface area (Å²) in [7, 11) is 1.27. The van der Waals surface area contributed by atoms with Crippen molar-refractivity contribution in [1.82, 2.24) is 5.32 Å². The Hall–Kier alpha value is -2.67. The molecule has 26 heavy (non-hydrogen) atoms. The molecule has 0 bridgehead atoms. The van der Waals surface area contributed by atoms with E-state index in [0.717, 1.165) is 16.9 Å². The molecule has 1 heterocycles. The van der Waals surface area contributed by atoms with E-state index in [0.29, 0.717) is 15.4 Å². The molecule has 0 saturated heterocycles. The van der Waals surface area contributed by atoms with Crippen LogP contribution in [0.4, 0.5) is 5.00 Å². The highest BCUT2D eigenvalue weighted by Crippen LogP contribution is 2.33. The normalized spacial score (nSPS) is 10.5. The van der Waals surface area contributed by atoms with Gasteiger partial charge in [-0.05, 0) is 31.9 Å². The topological polar surface area (TPSA) is 84.5 Å². The van der Waals surface area contributed by atoms with Gasteiger partial charge in [-0.3, -0.25) is 9.59 Å². The van der Waals surface area contributed by atoms with Crippen LogP contribution in [-0.4, -0.2) is 30.9 Å². The lowest BCUT2D eigenvalue weighted by Gasteiger charge is -2.07. The van der Waals surface area contributed by atoms with Crippen molar-refractivity contribution in [3.8, 4) is 0 Å². The number of anilines is 1. The Morgan fingerprint density at radius 3 is 2.38 bits per heavy atom. The van der Waals surface area contributed by atoms with Gasteiger partial charge in [0.15, 0.2) is 0 Å². The van der Waals surface area contributed by atoms with Gasteiger partial charge < -0.3 is 15.4 Å². The zero-order chi connectivity index (χ0) is 19.3. The Balaban J connectivity index is 2.29. The lowest BCUT2D eigenvalue weighted by Crippen LogP contribution is -2.29. The summed E-state index contributed by atoms with van der Waals surface area (Å²) in [5.74, 6) is -1.13. The summed E-state index contributed by atoms with van der Waals surface area (Å²) in [4.78, 5) is 37.3. The third-order valence-electron chi connectivity index (χ3n) is 3.62. The first kappa shape index (κ1) is 19.7. The Labute approximate surface area is 156 Å². The minimum atomic E-state index is -0.586. The molecule has 0 spiro atoms. The molecule has 2 aromatic rings. The number of benzene rings is 1. The van der Waals surface area contributed by atoms with Gasteiger partial charge in [0.25, 0.3) is 5.91 Å². The largest absolute Gasteiger partial charge is 0.465 e. The van der Waals surface area contributed by atoms with E-state index in [2.05, 4.69) is 10.6 Å². The van der Waals surface area contributed by atoms with E-state index in [1.165, 1.54) is 7.11 Å². The molecule has 0 aliphatic carbocycles. The summed E-state index contributed by atoms with van der Waals surface area (Å²) in [6.45, 7) is 5.38. The van der Waals surface area contributed by atoms with Gasteiger partial charge in [-0.1, -0.05) is 30.3 Å². The first-order valence-electron chi connectivity index (χ1n) is 8.19. The number of amides is 2. The monoisotopic (exact) mass is 374 g/mol. The summed E-state index contributed by atoms with van der Waals surface area (Å²) in [5.41, 5.74) is 1.57. The number of thiophene rings is 1. The lowest BCUT2D eigenvalue weighted by atomic mass is 10.1. The fourth-order valence-electron chi connectivity index (χ4n) is 2.45. The average Bonchev–Trinajstić information content (AvgIpc) is 2.90. The highest BCUT2D eigenvalue weighted by molar-refractivity contribution is 7.18. The molecule has 2 N–H and O–H groups in total. The van der Waals surface area contributed by atoms with E-state index >= 15 is 0 Å². The summed E-state index contributed by atoms with van der Waals surface area (Å²) >= 11 is 1.07. The molecule has 2 rings (SSSR count). The second-order valence-corrected chi connectivity index (χ2v) is 7.11. The van der Waals surface area contributed by atoms with Crippen LogP contribution in [0.15, 0.2) is 30.3 Å². The molecule has 0 radical (unpaired) electrons. The molecule has 0 fully saturated rings. The van der Waals surface area contributed by atoms with Crippen molar-refractivity contribution in [2.75, 3.05) is 12.4 Å². The number of methoxy groups -OCH3 is 1. The van der Waals surface area contributed by atoms with Gasteiger partial charge in [0, 0.05) is 6.04 Å². The number of hydrogen-bond acceptors (Lipinski definition) is 5. The number of hydrogen-bond donors (Lipinski definition) is 2. The van der Waals surface area contributed by atoms with Crippen LogP contribution in [0, 0.1) is 6.92 Å². The van der Waals surface area contributed by atoms with E-state index in [4.69, 9.17) is 4.74 Å². The molecule has 0 aliphatic rings. The van der Waals surface area contributed by atoms with Gasteiger partial charge in [-0.15, -0.1) is 11.3 Å². The fourth-order valence-corrected chi connectivity index (χ4v) is 3.56. The first-order chi connectivity index (χ1) is 12.3. The van der Waals surface area contributed by atoms with Gasteiger partial charge in [-0.2, -0.15) is 0 Å². The number of nitrogens with one attached hydrogen (secondary N) is 2. The van der Waals surface area contributed by atoms with Crippen LogP contribution in [0.2, 0.25) is 0 Å². The third kappa shape index (κ3) is 4.70. The second-order valence-electron chi connectivity index (χ2n) is 6.09. The number of carbonyl (C=O) groups is 3. The zero-order valence-electron chi connectivity index (χ0n) is 15.2. The summed E-state index contributed by atoms with van der Waals surface area (Å²) in [6, 6.07) is 9.24. The van der Waals surface area contributed by atoms with Crippen LogP contribution in [0.5, 0.6) is 0 Å². The zero-order valence-corrected chi connectivity index (χ0v) is 16.0. The van der Waals surface area contributed by atoms with Crippen molar-refractivity contribution in [1.29, 1.82) is 0 Å². The highest BCUT2D eigenvalue weighted by atomic mass is 32.1. The Morgan fingerprint density at radius 2 is 1.81 bits per heavy atom.